The number of benzene rings is 1. The smallest absolute Gasteiger partial charge is 0.216 e. The van der Waals surface area contributed by atoms with E-state index < -0.39 is 5.60 Å². The molecule has 30 heavy (non-hydrogen) atoms. The molecule has 2 unspecified atom stereocenters. The first-order valence-corrected chi connectivity index (χ1v) is 9.59. The van der Waals surface area contributed by atoms with E-state index in [0.29, 0.717) is 35.8 Å². The zero-order valence-electron chi connectivity index (χ0n) is 18.1. The summed E-state index contributed by atoms with van der Waals surface area (Å²) in [5.74, 6) is 1.11. The molecule has 0 bridgehead atoms. The largest absolute Gasteiger partial charge is 0.498 e. The fourth-order valence-corrected chi connectivity index (χ4v) is 3.51. The van der Waals surface area contributed by atoms with Gasteiger partial charge in [-0.05, 0) is 30.4 Å². The minimum atomic E-state index is -0.833. The Balaban J connectivity index is 2.27. The van der Waals surface area contributed by atoms with Crippen LogP contribution in [-0.4, -0.2) is 52.3 Å². The van der Waals surface area contributed by atoms with Crippen molar-refractivity contribution in [1.82, 2.24) is 5.32 Å². The van der Waals surface area contributed by atoms with Gasteiger partial charge in [-0.15, -0.1) is 0 Å². The van der Waals surface area contributed by atoms with Crippen LogP contribution in [0.4, 0.5) is 0 Å². The SMILES string of the molecule is COC1=CC=CC(C=CC(=O)c2ccc(OC)c(OC)c2)C1(CCNC(C)=O)OC. The van der Waals surface area contributed by atoms with Crippen LogP contribution < -0.4 is 14.8 Å². The summed E-state index contributed by atoms with van der Waals surface area (Å²) in [7, 11) is 6.24. The average molecular weight is 415 g/mol. The monoisotopic (exact) mass is 415 g/mol. The number of hydrogen-bond acceptors (Lipinski definition) is 6. The van der Waals surface area contributed by atoms with E-state index in [1.54, 1.807) is 45.6 Å². The van der Waals surface area contributed by atoms with E-state index in [0.717, 1.165) is 0 Å². The Morgan fingerprint density at radius 1 is 1.10 bits per heavy atom. The number of amides is 1. The molecule has 2 atom stereocenters. The Bertz CT molecular complexity index is 857. The summed E-state index contributed by atoms with van der Waals surface area (Å²) < 4.78 is 21.9. The highest BCUT2D eigenvalue weighted by Gasteiger charge is 2.42. The van der Waals surface area contributed by atoms with Gasteiger partial charge in [0.2, 0.25) is 5.91 Å². The van der Waals surface area contributed by atoms with Crippen molar-refractivity contribution in [3.05, 3.63) is 59.9 Å². The lowest BCUT2D eigenvalue weighted by molar-refractivity contribution is -0.119. The van der Waals surface area contributed by atoms with Crippen molar-refractivity contribution in [2.45, 2.75) is 18.9 Å². The molecule has 1 aromatic carbocycles. The van der Waals surface area contributed by atoms with Crippen LogP contribution >= 0.6 is 0 Å². The quantitative estimate of drug-likeness (QED) is 0.467. The maximum atomic E-state index is 12.8. The van der Waals surface area contributed by atoms with Crippen LogP contribution in [0.1, 0.15) is 23.7 Å². The number of nitrogens with one attached hydrogen (secondary N) is 1. The summed E-state index contributed by atoms with van der Waals surface area (Å²) in [5.41, 5.74) is -0.354. The Hall–Kier alpha value is -3.06. The molecule has 0 radical (unpaired) electrons. The van der Waals surface area contributed by atoms with Crippen LogP contribution in [0.25, 0.3) is 0 Å². The highest BCUT2D eigenvalue weighted by Crippen LogP contribution is 2.38. The number of ether oxygens (including phenoxy) is 4. The second kappa shape index (κ2) is 10.6. The number of allylic oxidation sites excluding steroid dienone is 3. The molecule has 1 aromatic rings. The van der Waals surface area contributed by atoms with Gasteiger partial charge in [0, 0.05) is 38.5 Å². The molecule has 0 saturated heterocycles. The number of ketones is 1. The minimum absolute atomic E-state index is 0.119. The van der Waals surface area contributed by atoms with Gasteiger partial charge in [0.1, 0.15) is 11.4 Å². The van der Waals surface area contributed by atoms with Gasteiger partial charge in [0.15, 0.2) is 17.3 Å². The maximum absolute atomic E-state index is 12.8. The minimum Gasteiger partial charge on any atom is -0.498 e. The van der Waals surface area contributed by atoms with Crippen LogP contribution in [0.5, 0.6) is 11.5 Å². The summed E-state index contributed by atoms with van der Waals surface area (Å²) in [6.45, 7) is 1.87. The molecule has 0 heterocycles. The summed E-state index contributed by atoms with van der Waals surface area (Å²) in [6, 6.07) is 5.02. The highest BCUT2D eigenvalue weighted by molar-refractivity contribution is 6.05. The lowest BCUT2D eigenvalue weighted by atomic mass is 9.78. The van der Waals surface area contributed by atoms with E-state index in [2.05, 4.69) is 5.32 Å². The van der Waals surface area contributed by atoms with E-state index in [1.807, 2.05) is 18.2 Å². The van der Waals surface area contributed by atoms with Crippen LogP contribution in [0.15, 0.2) is 54.3 Å². The molecule has 1 aliphatic carbocycles. The van der Waals surface area contributed by atoms with E-state index in [-0.39, 0.29) is 17.6 Å². The van der Waals surface area contributed by atoms with Gasteiger partial charge < -0.3 is 24.3 Å². The van der Waals surface area contributed by atoms with Crippen molar-refractivity contribution in [2.75, 3.05) is 35.0 Å². The Morgan fingerprint density at radius 3 is 2.43 bits per heavy atom. The number of methoxy groups -OCH3 is 4. The summed E-state index contributed by atoms with van der Waals surface area (Å²) in [6.07, 6.45) is 9.42. The molecule has 1 N–H and O–H groups in total. The Morgan fingerprint density at radius 2 is 1.83 bits per heavy atom. The highest BCUT2D eigenvalue weighted by atomic mass is 16.5. The van der Waals surface area contributed by atoms with E-state index in [4.69, 9.17) is 18.9 Å². The lowest BCUT2D eigenvalue weighted by Gasteiger charge is -2.39. The molecular weight excluding hydrogens is 386 g/mol. The fraction of sp³-hybridized carbons (Fsp3) is 0.391. The van der Waals surface area contributed by atoms with Crippen molar-refractivity contribution in [2.24, 2.45) is 5.92 Å². The van der Waals surface area contributed by atoms with Gasteiger partial charge in [-0.1, -0.05) is 18.2 Å². The standard InChI is InChI=1S/C23H29NO6/c1-16(25)24-14-13-23(30-5)18(7-6-8-22(23)29-4)10-11-19(26)17-9-12-20(27-2)21(15-17)28-3/h6-12,15,18H,13-14H2,1-5H3,(H,24,25). The number of carbonyl (C=O) groups is 2. The maximum Gasteiger partial charge on any atom is 0.216 e. The van der Waals surface area contributed by atoms with Crippen molar-refractivity contribution in [1.29, 1.82) is 0 Å². The summed E-state index contributed by atoms with van der Waals surface area (Å²) in [5, 5.41) is 2.79. The first-order valence-electron chi connectivity index (χ1n) is 9.59. The molecule has 0 saturated carbocycles. The molecular formula is C23H29NO6. The van der Waals surface area contributed by atoms with Gasteiger partial charge in [0.05, 0.1) is 21.3 Å². The van der Waals surface area contributed by atoms with Crippen LogP contribution in [0.2, 0.25) is 0 Å². The third-order valence-corrected chi connectivity index (χ3v) is 5.10. The van der Waals surface area contributed by atoms with Gasteiger partial charge >= 0.3 is 0 Å². The molecule has 1 amide bonds. The molecule has 7 heteroatoms. The second-order valence-corrected chi connectivity index (χ2v) is 6.77. The van der Waals surface area contributed by atoms with E-state index in [1.165, 1.54) is 20.1 Å². The molecule has 1 aliphatic rings. The molecule has 0 aromatic heterocycles. The molecule has 0 spiro atoms. The predicted molar refractivity (Wildman–Crippen MR) is 114 cm³/mol. The topological polar surface area (TPSA) is 83.1 Å². The van der Waals surface area contributed by atoms with Gasteiger partial charge in [-0.2, -0.15) is 0 Å². The van der Waals surface area contributed by atoms with Crippen LogP contribution in [0.3, 0.4) is 0 Å². The third-order valence-electron chi connectivity index (χ3n) is 5.10. The molecule has 0 aliphatic heterocycles. The zero-order chi connectivity index (χ0) is 22.1. The predicted octanol–water partition coefficient (Wildman–Crippen LogP) is 3.07. The van der Waals surface area contributed by atoms with Crippen molar-refractivity contribution in [3.8, 4) is 11.5 Å². The third kappa shape index (κ3) is 5.10. The summed E-state index contributed by atoms with van der Waals surface area (Å²) in [4.78, 5) is 24.0. The Labute approximate surface area is 177 Å². The zero-order valence-corrected chi connectivity index (χ0v) is 18.1. The van der Waals surface area contributed by atoms with E-state index in [9.17, 15) is 9.59 Å². The number of hydrogen-bond donors (Lipinski definition) is 1. The first kappa shape index (κ1) is 23.2. The van der Waals surface area contributed by atoms with Gasteiger partial charge in [-0.3, -0.25) is 9.59 Å². The van der Waals surface area contributed by atoms with Crippen molar-refractivity contribution >= 4 is 11.7 Å². The average Bonchev–Trinajstić information content (AvgIpc) is 2.76. The summed E-state index contributed by atoms with van der Waals surface area (Å²) >= 11 is 0. The number of carbonyl (C=O) groups excluding carboxylic acids is 2. The van der Waals surface area contributed by atoms with Crippen LogP contribution in [-0.2, 0) is 14.3 Å². The number of rotatable bonds is 10. The first-order chi connectivity index (χ1) is 14.4. The lowest BCUT2D eigenvalue weighted by Crippen LogP contribution is -2.45. The van der Waals surface area contributed by atoms with Crippen LogP contribution in [0, 0.1) is 5.92 Å². The normalized spacial score (nSPS) is 20.6. The van der Waals surface area contributed by atoms with Crippen molar-refractivity contribution in [3.63, 3.8) is 0 Å². The molecule has 162 valence electrons. The van der Waals surface area contributed by atoms with Gasteiger partial charge in [-0.25, -0.2) is 0 Å². The molecule has 7 nitrogen and oxygen atoms in total. The van der Waals surface area contributed by atoms with Gasteiger partial charge in [0.25, 0.3) is 0 Å². The second-order valence-electron chi connectivity index (χ2n) is 6.77. The van der Waals surface area contributed by atoms with Crippen molar-refractivity contribution < 1.29 is 28.5 Å². The molecule has 2 rings (SSSR count). The Kier molecular flexibility index (Phi) is 8.24. The van der Waals surface area contributed by atoms with E-state index >= 15 is 0 Å². The fourth-order valence-electron chi connectivity index (χ4n) is 3.51. The molecule has 0 fully saturated rings.